The highest BCUT2D eigenvalue weighted by Crippen LogP contribution is 2.06. The first-order valence-electron chi connectivity index (χ1n) is 3.86. The van der Waals surface area contributed by atoms with E-state index in [0.717, 1.165) is 5.69 Å². The molecule has 0 aromatic heterocycles. The molecule has 0 saturated carbocycles. The molecule has 0 aliphatic rings. The fraction of sp³-hybridized carbons (Fsp3) is 0.222. The Kier molecular flexibility index (Phi) is 3.58. The number of alkyl halides is 1. The van der Waals surface area contributed by atoms with Crippen LogP contribution in [0.15, 0.2) is 30.3 Å². The molecule has 0 fully saturated rings. The highest BCUT2D eigenvalue weighted by molar-refractivity contribution is 6.29. The minimum Gasteiger partial charge on any atom is -0.480 e. The number of rotatable bonds is 4. The van der Waals surface area contributed by atoms with Gasteiger partial charge in [-0.2, -0.15) is 0 Å². The number of anilines is 1. The molecule has 3 nitrogen and oxygen atoms in total. The third-order valence-corrected chi connectivity index (χ3v) is 1.87. The molecule has 1 unspecified atom stereocenters. The number of aliphatic carboxylic acids is 1. The Balaban J connectivity index is 2.39. The molecule has 1 atom stereocenters. The first-order valence-corrected chi connectivity index (χ1v) is 4.29. The second kappa shape index (κ2) is 4.72. The molecule has 0 bridgehead atoms. The molecule has 1 aromatic carbocycles. The van der Waals surface area contributed by atoms with Crippen LogP contribution in [0.3, 0.4) is 0 Å². The van der Waals surface area contributed by atoms with Crippen molar-refractivity contribution in [2.45, 2.75) is 5.38 Å². The van der Waals surface area contributed by atoms with Gasteiger partial charge in [0.15, 0.2) is 0 Å². The van der Waals surface area contributed by atoms with Crippen LogP contribution in [0.5, 0.6) is 0 Å². The molecule has 0 heterocycles. The topological polar surface area (TPSA) is 49.3 Å². The standard InChI is InChI=1S/C9H10ClNO2/c10-8(9(12)13)6-11-7-4-2-1-3-5-7/h1-5,8,11H,6H2,(H,12,13). The molecule has 0 spiro atoms. The highest BCUT2D eigenvalue weighted by Gasteiger charge is 2.12. The van der Waals surface area contributed by atoms with Gasteiger partial charge in [0, 0.05) is 12.2 Å². The zero-order valence-electron chi connectivity index (χ0n) is 6.90. The lowest BCUT2D eigenvalue weighted by molar-refractivity contribution is -0.136. The van der Waals surface area contributed by atoms with E-state index in [-0.39, 0.29) is 6.54 Å². The van der Waals surface area contributed by atoms with Crippen molar-refractivity contribution in [1.29, 1.82) is 0 Å². The van der Waals surface area contributed by atoms with Gasteiger partial charge in [-0.25, -0.2) is 0 Å². The number of nitrogens with one attached hydrogen (secondary N) is 1. The lowest BCUT2D eigenvalue weighted by atomic mass is 10.3. The maximum absolute atomic E-state index is 10.3. The van der Waals surface area contributed by atoms with Gasteiger partial charge < -0.3 is 10.4 Å². The SMILES string of the molecule is O=C(O)C(Cl)CNc1ccccc1. The number of benzene rings is 1. The zero-order valence-corrected chi connectivity index (χ0v) is 7.66. The monoisotopic (exact) mass is 199 g/mol. The van der Waals surface area contributed by atoms with E-state index in [1.54, 1.807) is 0 Å². The van der Waals surface area contributed by atoms with Crippen molar-refractivity contribution < 1.29 is 9.90 Å². The van der Waals surface area contributed by atoms with Crippen molar-refractivity contribution in [3.05, 3.63) is 30.3 Å². The predicted octanol–water partition coefficient (Wildman–Crippen LogP) is 1.79. The van der Waals surface area contributed by atoms with E-state index < -0.39 is 11.3 Å². The maximum Gasteiger partial charge on any atom is 0.323 e. The summed E-state index contributed by atoms with van der Waals surface area (Å²) in [7, 11) is 0. The van der Waals surface area contributed by atoms with E-state index in [2.05, 4.69) is 5.32 Å². The summed E-state index contributed by atoms with van der Waals surface area (Å²) >= 11 is 5.50. The molecular formula is C9H10ClNO2. The van der Waals surface area contributed by atoms with Gasteiger partial charge in [0.2, 0.25) is 0 Å². The van der Waals surface area contributed by atoms with E-state index in [1.807, 2.05) is 30.3 Å². The molecule has 0 saturated heterocycles. The maximum atomic E-state index is 10.3. The molecule has 1 rings (SSSR count). The largest absolute Gasteiger partial charge is 0.480 e. The highest BCUT2D eigenvalue weighted by atomic mass is 35.5. The summed E-state index contributed by atoms with van der Waals surface area (Å²) in [5.41, 5.74) is 0.870. The Hall–Kier alpha value is -1.22. The lowest BCUT2D eigenvalue weighted by Crippen LogP contribution is -2.22. The molecule has 0 radical (unpaired) electrons. The number of hydrogen-bond acceptors (Lipinski definition) is 2. The van der Waals surface area contributed by atoms with Crippen LogP contribution in [-0.4, -0.2) is 23.0 Å². The zero-order chi connectivity index (χ0) is 9.68. The van der Waals surface area contributed by atoms with Crippen LogP contribution >= 0.6 is 11.6 Å². The Morgan fingerprint density at radius 2 is 2.08 bits per heavy atom. The molecule has 13 heavy (non-hydrogen) atoms. The molecular weight excluding hydrogens is 190 g/mol. The fourth-order valence-corrected chi connectivity index (χ4v) is 0.928. The van der Waals surface area contributed by atoms with Crippen molar-refractivity contribution in [3.63, 3.8) is 0 Å². The van der Waals surface area contributed by atoms with Crippen molar-refractivity contribution in [2.24, 2.45) is 0 Å². The van der Waals surface area contributed by atoms with Gasteiger partial charge in [-0.3, -0.25) is 4.79 Å². The van der Waals surface area contributed by atoms with E-state index in [1.165, 1.54) is 0 Å². The first kappa shape index (κ1) is 9.86. The summed E-state index contributed by atoms with van der Waals surface area (Å²) < 4.78 is 0. The van der Waals surface area contributed by atoms with Crippen LogP contribution in [0.1, 0.15) is 0 Å². The number of carboxylic acids is 1. The van der Waals surface area contributed by atoms with Crippen LogP contribution < -0.4 is 5.32 Å². The summed E-state index contributed by atoms with van der Waals surface area (Å²) in [6, 6.07) is 9.33. The van der Waals surface area contributed by atoms with Crippen LogP contribution in [0.4, 0.5) is 5.69 Å². The van der Waals surface area contributed by atoms with E-state index in [0.29, 0.717) is 0 Å². The van der Waals surface area contributed by atoms with Crippen LogP contribution in [0, 0.1) is 0 Å². The van der Waals surface area contributed by atoms with Crippen LogP contribution in [0.2, 0.25) is 0 Å². The number of carbonyl (C=O) groups is 1. The predicted molar refractivity (Wildman–Crippen MR) is 52.2 cm³/mol. The minimum atomic E-state index is -1.01. The second-order valence-electron chi connectivity index (χ2n) is 2.55. The molecule has 0 aliphatic carbocycles. The van der Waals surface area contributed by atoms with Gasteiger partial charge in [-0.1, -0.05) is 18.2 Å². The van der Waals surface area contributed by atoms with Crippen molar-refractivity contribution >= 4 is 23.3 Å². The fourth-order valence-electron chi connectivity index (χ4n) is 0.851. The number of hydrogen-bond donors (Lipinski definition) is 2. The summed E-state index contributed by atoms with van der Waals surface area (Å²) in [5, 5.41) is 10.5. The summed E-state index contributed by atoms with van der Waals surface area (Å²) in [4.78, 5) is 10.3. The first-order chi connectivity index (χ1) is 6.20. The summed E-state index contributed by atoms with van der Waals surface area (Å²) in [5.74, 6) is -1.01. The Morgan fingerprint density at radius 3 is 2.62 bits per heavy atom. The lowest BCUT2D eigenvalue weighted by Gasteiger charge is -2.07. The number of para-hydroxylation sites is 1. The van der Waals surface area contributed by atoms with Crippen molar-refractivity contribution in [2.75, 3.05) is 11.9 Å². The van der Waals surface area contributed by atoms with E-state index in [9.17, 15) is 4.79 Å². The molecule has 2 N–H and O–H groups in total. The average molecular weight is 200 g/mol. The van der Waals surface area contributed by atoms with Crippen LogP contribution in [0.25, 0.3) is 0 Å². The third kappa shape index (κ3) is 3.34. The van der Waals surface area contributed by atoms with Gasteiger partial charge >= 0.3 is 5.97 Å². The third-order valence-electron chi connectivity index (χ3n) is 1.53. The Labute approximate surface area is 81.3 Å². The van der Waals surface area contributed by atoms with Gasteiger partial charge in [0.25, 0.3) is 0 Å². The normalized spacial score (nSPS) is 12.1. The second-order valence-corrected chi connectivity index (χ2v) is 3.08. The van der Waals surface area contributed by atoms with E-state index >= 15 is 0 Å². The van der Waals surface area contributed by atoms with Crippen molar-refractivity contribution in [3.8, 4) is 0 Å². The van der Waals surface area contributed by atoms with Gasteiger partial charge in [0.1, 0.15) is 5.38 Å². The van der Waals surface area contributed by atoms with Gasteiger partial charge in [-0.15, -0.1) is 11.6 Å². The molecule has 1 aromatic rings. The quantitative estimate of drug-likeness (QED) is 0.727. The number of halogens is 1. The van der Waals surface area contributed by atoms with E-state index in [4.69, 9.17) is 16.7 Å². The molecule has 0 aliphatic heterocycles. The van der Waals surface area contributed by atoms with Gasteiger partial charge in [-0.05, 0) is 12.1 Å². The molecule has 0 amide bonds. The van der Waals surface area contributed by atoms with Crippen molar-refractivity contribution in [1.82, 2.24) is 0 Å². The summed E-state index contributed by atoms with van der Waals surface area (Å²) in [6.07, 6.45) is 0. The molecule has 4 heteroatoms. The van der Waals surface area contributed by atoms with Gasteiger partial charge in [0.05, 0.1) is 0 Å². The average Bonchev–Trinajstić information content (AvgIpc) is 2.15. The number of carboxylic acid groups (broad SMARTS) is 1. The Bertz CT molecular complexity index is 276. The smallest absolute Gasteiger partial charge is 0.323 e. The molecule has 70 valence electrons. The summed E-state index contributed by atoms with van der Waals surface area (Å²) in [6.45, 7) is 0.223. The van der Waals surface area contributed by atoms with Crippen LogP contribution in [-0.2, 0) is 4.79 Å². The minimum absolute atomic E-state index is 0.223. The Morgan fingerprint density at radius 1 is 1.46 bits per heavy atom.